The highest BCUT2D eigenvalue weighted by Gasteiger charge is 2.58. The number of amides is 1. The average molecular weight is 458 g/mol. The van der Waals surface area contributed by atoms with E-state index in [4.69, 9.17) is 26.3 Å². The van der Waals surface area contributed by atoms with Gasteiger partial charge in [0.1, 0.15) is 6.33 Å². The molecule has 2 fully saturated rings. The molecule has 1 aliphatic carbocycles. The standard InChI is InChI=1S/C22H24ClN5O4/c1-13(2)32-21(30)28-6-5-22(8-15(22)10-28)11-31-20-18(29)19(25-12-26-20)27-17-4-3-14(9-24)7-16(17)23/h3-4,7,12-13,15,29H,5-6,8,10-11H2,1-2H3,(H,25,26,27). The minimum atomic E-state index is -0.271. The van der Waals surface area contributed by atoms with E-state index in [0.717, 1.165) is 12.8 Å². The Morgan fingerprint density at radius 2 is 2.28 bits per heavy atom. The van der Waals surface area contributed by atoms with E-state index in [2.05, 4.69) is 15.3 Å². The number of benzene rings is 1. The van der Waals surface area contributed by atoms with Crippen molar-refractivity contribution in [2.75, 3.05) is 25.0 Å². The van der Waals surface area contributed by atoms with Crippen molar-refractivity contribution in [2.45, 2.75) is 32.8 Å². The zero-order valence-corrected chi connectivity index (χ0v) is 18.6. The van der Waals surface area contributed by atoms with Crippen molar-refractivity contribution in [3.05, 3.63) is 35.1 Å². The van der Waals surface area contributed by atoms with Gasteiger partial charge in [0.2, 0.25) is 5.75 Å². The van der Waals surface area contributed by atoms with E-state index in [1.807, 2.05) is 19.9 Å². The maximum Gasteiger partial charge on any atom is 0.410 e. The maximum absolute atomic E-state index is 12.1. The molecule has 2 aliphatic rings. The predicted octanol–water partition coefficient (Wildman–Crippen LogP) is 4.09. The van der Waals surface area contributed by atoms with Crippen molar-refractivity contribution in [1.29, 1.82) is 5.26 Å². The number of fused-ring (bicyclic) bond motifs is 1. The van der Waals surface area contributed by atoms with Crippen molar-refractivity contribution in [1.82, 2.24) is 14.9 Å². The van der Waals surface area contributed by atoms with Gasteiger partial charge in [0.05, 0.1) is 35.1 Å². The van der Waals surface area contributed by atoms with E-state index in [9.17, 15) is 9.90 Å². The Bertz CT molecular complexity index is 1070. The van der Waals surface area contributed by atoms with Crippen LogP contribution >= 0.6 is 11.6 Å². The lowest BCUT2D eigenvalue weighted by Crippen LogP contribution is -2.41. The van der Waals surface area contributed by atoms with Crippen LogP contribution in [0.3, 0.4) is 0 Å². The van der Waals surface area contributed by atoms with Crippen LogP contribution in [0.1, 0.15) is 32.3 Å². The Balaban J connectivity index is 1.38. The lowest BCUT2D eigenvalue weighted by molar-refractivity contribution is 0.0585. The average Bonchev–Trinajstić information content (AvgIpc) is 3.49. The number of anilines is 2. The summed E-state index contributed by atoms with van der Waals surface area (Å²) in [6, 6.07) is 6.78. The summed E-state index contributed by atoms with van der Waals surface area (Å²) in [5.74, 6) is 0.348. The number of ether oxygens (including phenoxy) is 2. The maximum atomic E-state index is 12.1. The normalized spacial score (nSPS) is 21.5. The van der Waals surface area contributed by atoms with Crippen LogP contribution in [-0.2, 0) is 4.74 Å². The fraction of sp³-hybridized carbons (Fsp3) is 0.455. The number of halogens is 1. The third-order valence-electron chi connectivity index (χ3n) is 5.91. The Morgan fingerprint density at radius 3 is 2.97 bits per heavy atom. The molecule has 1 saturated heterocycles. The molecule has 10 heteroatoms. The van der Waals surface area contributed by atoms with Gasteiger partial charge in [0.15, 0.2) is 5.82 Å². The fourth-order valence-corrected chi connectivity index (χ4v) is 4.22. The molecule has 1 amide bonds. The molecule has 32 heavy (non-hydrogen) atoms. The highest BCUT2D eigenvalue weighted by Crippen LogP contribution is 2.58. The molecular formula is C22H24ClN5O4. The number of nitrogens with one attached hydrogen (secondary N) is 1. The van der Waals surface area contributed by atoms with Gasteiger partial charge in [-0.1, -0.05) is 11.6 Å². The van der Waals surface area contributed by atoms with Crippen molar-refractivity contribution in [3.8, 4) is 17.7 Å². The van der Waals surface area contributed by atoms with Crippen molar-refractivity contribution in [3.63, 3.8) is 0 Å². The molecular weight excluding hydrogens is 434 g/mol. The fourth-order valence-electron chi connectivity index (χ4n) is 3.99. The summed E-state index contributed by atoms with van der Waals surface area (Å²) in [6.07, 6.45) is 2.65. The summed E-state index contributed by atoms with van der Waals surface area (Å²) in [4.78, 5) is 22.0. The third-order valence-corrected chi connectivity index (χ3v) is 6.22. The number of hydrogen-bond acceptors (Lipinski definition) is 8. The molecule has 2 N–H and O–H groups in total. The number of aromatic hydroxyl groups is 1. The van der Waals surface area contributed by atoms with E-state index in [1.54, 1.807) is 17.0 Å². The van der Waals surface area contributed by atoms with Gasteiger partial charge in [-0.05, 0) is 50.8 Å². The minimum absolute atomic E-state index is 0.0178. The van der Waals surface area contributed by atoms with Gasteiger partial charge in [-0.25, -0.2) is 9.78 Å². The van der Waals surface area contributed by atoms with Gasteiger partial charge in [0, 0.05) is 18.5 Å². The molecule has 1 aromatic carbocycles. The first-order valence-electron chi connectivity index (χ1n) is 10.4. The molecule has 1 aliphatic heterocycles. The number of rotatable bonds is 6. The van der Waals surface area contributed by atoms with Gasteiger partial charge in [0.25, 0.3) is 5.88 Å². The first-order valence-corrected chi connectivity index (χ1v) is 10.8. The molecule has 2 aromatic rings. The summed E-state index contributed by atoms with van der Waals surface area (Å²) in [5, 5.41) is 22.8. The van der Waals surface area contributed by atoms with Crippen LogP contribution in [0.2, 0.25) is 5.02 Å². The highest BCUT2D eigenvalue weighted by atomic mass is 35.5. The molecule has 0 bridgehead atoms. The van der Waals surface area contributed by atoms with Gasteiger partial charge in [-0.2, -0.15) is 10.2 Å². The molecule has 1 saturated carbocycles. The van der Waals surface area contributed by atoms with Crippen LogP contribution in [0.25, 0.3) is 0 Å². The second-order valence-electron chi connectivity index (χ2n) is 8.49. The molecule has 4 rings (SSSR count). The summed E-state index contributed by atoms with van der Waals surface area (Å²) in [5.41, 5.74) is 0.904. The molecule has 2 heterocycles. The minimum Gasteiger partial charge on any atom is -0.501 e. The van der Waals surface area contributed by atoms with E-state index in [1.165, 1.54) is 12.4 Å². The topological polar surface area (TPSA) is 121 Å². The first-order chi connectivity index (χ1) is 15.3. The van der Waals surface area contributed by atoms with Crippen LogP contribution in [0.4, 0.5) is 16.3 Å². The van der Waals surface area contributed by atoms with Gasteiger partial charge >= 0.3 is 6.09 Å². The first kappa shape index (κ1) is 22.0. The summed E-state index contributed by atoms with van der Waals surface area (Å²) < 4.78 is 11.2. The van der Waals surface area contributed by atoms with E-state index < -0.39 is 0 Å². The van der Waals surface area contributed by atoms with Gasteiger partial charge in [-0.3, -0.25) is 0 Å². The zero-order valence-electron chi connectivity index (χ0n) is 17.8. The van der Waals surface area contributed by atoms with Crippen LogP contribution in [-0.4, -0.2) is 51.9 Å². The lowest BCUT2D eigenvalue weighted by atomic mass is 9.96. The number of likely N-dealkylation sites (tertiary alicyclic amines) is 1. The zero-order chi connectivity index (χ0) is 22.9. The van der Waals surface area contributed by atoms with Crippen LogP contribution in [0, 0.1) is 22.7 Å². The molecule has 2 atom stereocenters. The summed E-state index contributed by atoms with van der Waals surface area (Å²) >= 11 is 6.19. The Morgan fingerprint density at radius 1 is 1.47 bits per heavy atom. The molecule has 2 unspecified atom stereocenters. The predicted molar refractivity (Wildman–Crippen MR) is 117 cm³/mol. The molecule has 0 radical (unpaired) electrons. The van der Waals surface area contributed by atoms with Crippen LogP contribution < -0.4 is 10.1 Å². The van der Waals surface area contributed by atoms with E-state index in [0.29, 0.717) is 41.9 Å². The quantitative estimate of drug-likeness (QED) is 0.665. The Hall–Kier alpha value is -3.25. The number of nitrogens with zero attached hydrogens (tertiary/aromatic N) is 4. The molecule has 0 spiro atoms. The summed E-state index contributed by atoms with van der Waals surface area (Å²) in [6.45, 7) is 5.33. The van der Waals surface area contributed by atoms with Crippen molar-refractivity contribution < 1.29 is 19.4 Å². The number of carbonyl (C=O) groups is 1. The Labute approximate surface area is 190 Å². The van der Waals surface area contributed by atoms with Crippen molar-refractivity contribution >= 4 is 29.2 Å². The third kappa shape index (κ3) is 4.50. The monoisotopic (exact) mass is 457 g/mol. The number of piperidine rings is 1. The van der Waals surface area contributed by atoms with E-state index >= 15 is 0 Å². The van der Waals surface area contributed by atoms with Gasteiger partial charge in [-0.15, -0.1) is 0 Å². The lowest BCUT2D eigenvalue weighted by Gasteiger charge is -2.31. The highest BCUT2D eigenvalue weighted by molar-refractivity contribution is 6.33. The second kappa shape index (κ2) is 8.71. The SMILES string of the molecule is CC(C)OC(=O)N1CCC2(COc3ncnc(Nc4ccc(C#N)cc4Cl)c3O)CC2C1. The smallest absolute Gasteiger partial charge is 0.410 e. The van der Waals surface area contributed by atoms with E-state index in [-0.39, 0.29) is 35.1 Å². The van der Waals surface area contributed by atoms with Gasteiger partial charge < -0.3 is 24.8 Å². The molecule has 9 nitrogen and oxygen atoms in total. The number of hydrogen-bond donors (Lipinski definition) is 2. The van der Waals surface area contributed by atoms with Crippen LogP contribution in [0.5, 0.6) is 11.6 Å². The summed E-state index contributed by atoms with van der Waals surface area (Å²) in [7, 11) is 0. The number of carbonyl (C=O) groups excluding carboxylic acids is 1. The van der Waals surface area contributed by atoms with Crippen LogP contribution in [0.15, 0.2) is 24.5 Å². The molecule has 1 aromatic heterocycles. The van der Waals surface area contributed by atoms with Crippen molar-refractivity contribution in [2.24, 2.45) is 11.3 Å². The Kier molecular flexibility index (Phi) is 5.98. The number of nitriles is 1. The molecule has 168 valence electrons. The number of aromatic nitrogens is 2. The second-order valence-corrected chi connectivity index (χ2v) is 8.90. The largest absolute Gasteiger partial charge is 0.501 e.